The molecule has 0 fully saturated rings. The second-order valence-corrected chi connectivity index (χ2v) is 7.31. The number of halogens is 1. The van der Waals surface area contributed by atoms with Crippen LogP contribution in [0.2, 0.25) is 0 Å². The Morgan fingerprint density at radius 2 is 2.14 bits per heavy atom. The average Bonchev–Trinajstić information content (AvgIpc) is 3.09. The predicted molar refractivity (Wildman–Crippen MR) is 110 cm³/mol. The van der Waals surface area contributed by atoms with E-state index >= 15 is 0 Å². The van der Waals surface area contributed by atoms with Gasteiger partial charge in [-0.05, 0) is 28.7 Å². The van der Waals surface area contributed by atoms with Gasteiger partial charge in [0.1, 0.15) is 18.6 Å². The number of fused-ring (bicyclic) bond motifs is 1. The Balaban J connectivity index is 1.44. The zero-order valence-electron chi connectivity index (χ0n) is 15.4. The molecule has 11 heteroatoms. The van der Waals surface area contributed by atoms with Crippen LogP contribution in [0.15, 0.2) is 47.2 Å². The van der Waals surface area contributed by atoms with Crippen LogP contribution in [0, 0.1) is 10.1 Å². The fourth-order valence-electron chi connectivity index (χ4n) is 3.00. The average molecular weight is 460 g/mol. The summed E-state index contributed by atoms with van der Waals surface area (Å²) in [4.78, 5) is 25.3. The lowest BCUT2D eigenvalue weighted by atomic mass is 10.2. The molecule has 10 nitrogen and oxygen atoms in total. The molecule has 0 radical (unpaired) electrons. The van der Waals surface area contributed by atoms with E-state index in [1.54, 1.807) is 10.8 Å². The van der Waals surface area contributed by atoms with Crippen LogP contribution in [0.3, 0.4) is 0 Å². The van der Waals surface area contributed by atoms with Gasteiger partial charge < -0.3 is 25.1 Å². The Kier molecular flexibility index (Phi) is 5.56. The number of aromatic nitrogens is 4. The standard InChI is InChI=1S/C18H18BrN7O3/c19-14-3-1-2-13(10-14)11-21-17-20-5-4-15(22-17)24-6-7-25-12-16(26(27)28)23-18(25)29-9-8-24/h1-5,10,12H,6-9,11H2,(H,20,21,22). The molecular formula is C18H18BrN7O3. The minimum absolute atomic E-state index is 0.213. The lowest BCUT2D eigenvalue weighted by Gasteiger charge is -2.25. The van der Waals surface area contributed by atoms with Crippen LogP contribution < -0.4 is 15.0 Å². The van der Waals surface area contributed by atoms with Gasteiger partial charge in [0.15, 0.2) is 0 Å². The Morgan fingerprint density at radius 3 is 2.97 bits per heavy atom. The lowest BCUT2D eigenvalue weighted by molar-refractivity contribution is -0.389. The fraction of sp³-hybridized carbons (Fsp3) is 0.278. The summed E-state index contributed by atoms with van der Waals surface area (Å²) in [6.07, 6.45) is 3.10. The third-order valence-corrected chi connectivity index (χ3v) is 4.92. The third kappa shape index (κ3) is 4.62. The van der Waals surface area contributed by atoms with E-state index < -0.39 is 4.92 Å². The Bertz CT molecular complexity index is 1030. The van der Waals surface area contributed by atoms with Crippen molar-refractivity contribution in [2.45, 2.75) is 13.1 Å². The Morgan fingerprint density at radius 1 is 1.24 bits per heavy atom. The molecule has 3 heterocycles. The van der Waals surface area contributed by atoms with E-state index in [-0.39, 0.29) is 11.8 Å². The van der Waals surface area contributed by atoms with E-state index in [1.807, 2.05) is 30.3 Å². The number of hydrogen-bond acceptors (Lipinski definition) is 8. The highest BCUT2D eigenvalue weighted by Crippen LogP contribution is 2.21. The monoisotopic (exact) mass is 459 g/mol. The van der Waals surface area contributed by atoms with Crippen molar-refractivity contribution in [2.24, 2.45) is 0 Å². The summed E-state index contributed by atoms with van der Waals surface area (Å²) >= 11 is 3.47. The Labute approximate surface area is 174 Å². The van der Waals surface area contributed by atoms with Gasteiger partial charge in [-0.2, -0.15) is 4.98 Å². The van der Waals surface area contributed by atoms with Crippen molar-refractivity contribution in [3.05, 3.63) is 62.9 Å². The quantitative estimate of drug-likeness (QED) is 0.457. The number of ether oxygens (including phenoxy) is 1. The molecule has 0 saturated heterocycles. The van der Waals surface area contributed by atoms with Crippen molar-refractivity contribution in [1.82, 2.24) is 19.5 Å². The molecule has 3 aromatic rings. The van der Waals surface area contributed by atoms with Gasteiger partial charge in [-0.1, -0.05) is 28.1 Å². The van der Waals surface area contributed by atoms with Gasteiger partial charge in [-0.25, -0.2) is 4.98 Å². The van der Waals surface area contributed by atoms with Gasteiger partial charge in [-0.15, -0.1) is 0 Å². The summed E-state index contributed by atoms with van der Waals surface area (Å²) in [6.45, 7) is 2.66. The summed E-state index contributed by atoms with van der Waals surface area (Å²) in [5.74, 6) is 1.08. The van der Waals surface area contributed by atoms with Gasteiger partial charge in [0.2, 0.25) is 5.95 Å². The molecule has 0 saturated carbocycles. The zero-order chi connectivity index (χ0) is 20.2. The highest BCUT2D eigenvalue weighted by molar-refractivity contribution is 9.10. The van der Waals surface area contributed by atoms with Gasteiger partial charge in [-0.3, -0.25) is 4.57 Å². The molecule has 0 aliphatic carbocycles. The molecule has 4 rings (SSSR count). The summed E-state index contributed by atoms with van der Waals surface area (Å²) in [6, 6.07) is 10.1. The van der Waals surface area contributed by atoms with Crippen LogP contribution in [0.4, 0.5) is 17.6 Å². The van der Waals surface area contributed by atoms with Crippen molar-refractivity contribution in [3.63, 3.8) is 0 Å². The first-order chi connectivity index (χ1) is 14.1. The molecule has 0 amide bonds. The van der Waals surface area contributed by atoms with E-state index in [0.29, 0.717) is 38.7 Å². The molecule has 29 heavy (non-hydrogen) atoms. The van der Waals surface area contributed by atoms with Gasteiger partial charge in [0.05, 0.1) is 6.54 Å². The predicted octanol–water partition coefficient (Wildman–Crippen LogP) is 2.85. The first-order valence-electron chi connectivity index (χ1n) is 8.99. The first kappa shape index (κ1) is 19.1. The van der Waals surface area contributed by atoms with Crippen molar-refractivity contribution in [1.29, 1.82) is 0 Å². The van der Waals surface area contributed by atoms with Crippen LogP contribution >= 0.6 is 15.9 Å². The minimum atomic E-state index is -0.521. The number of nitro groups is 1. The number of anilines is 2. The van der Waals surface area contributed by atoms with E-state index in [0.717, 1.165) is 15.9 Å². The molecule has 0 bridgehead atoms. The topological polar surface area (TPSA) is 111 Å². The van der Waals surface area contributed by atoms with Gasteiger partial charge >= 0.3 is 11.8 Å². The molecule has 0 spiro atoms. The molecular weight excluding hydrogens is 442 g/mol. The minimum Gasteiger partial charge on any atom is -0.444 e. The van der Waals surface area contributed by atoms with Crippen LogP contribution in [-0.4, -0.2) is 44.1 Å². The van der Waals surface area contributed by atoms with Crippen molar-refractivity contribution in [3.8, 4) is 6.01 Å². The maximum absolute atomic E-state index is 10.9. The van der Waals surface area contributed by atoms with Crippen molar-refractivity contribution >= 4 is 33.5 Å². The number of nitrogens with one attached hydrogen (secondary N) is 1. The molecule has 1 aliphatic heterocycles. The summed E-state index contributed by atoms with van der Waals surface area (Å²) < 4.78 is 8.27. The molecule has 2 aromatic heterocycles. The number of imidazole rings is 1. The van der Waals surface area contributed by atoms with E-state index in [1.165, 1.54) is 6.20 Å². The molecule has 150 valence electrons. The van der Waals surface area contributed by atoms with Gasteiger partial charge in [0.25, 0.3) is 0 Å². The second-order valence-electron chi connectivity index (χ2n) is 6.39. The molecule has 1 N–H and O–H groups in total. The van der Waals surface area contributed by atoms with Gasteiger partial charge in [0, 0.05) is 35.3 Å². The highest BCUT2D eigenvalue weighted by atomic mass is 79.9. The maximum Gasteiger partial charge on any atom is 0.414 e. The number of hydrogen-bond donors (Lipinski definition) is 1. The van der Waals surface area contributed by atoms with E-state index in [9.17, 15) is 10.1 Å². The molecule has 0 atom stereocenters. The second kappa shape index (κ2) is 8.43. The van der Waals surface area contributed by atoms with Crippen LogP contribution in [-0.2, 0) is 13.1 Å². The first-order valence-corrected chi connectivity index (χ1v) is 9.78. The molecule has 1 aliphatic rings. The molecule has 1 aromatic carbocycles. The normalized spacial score (nSPS) is 13.8. The Hall–Kier alpha value is -3.21. The summed E-state index contributed by atoms with van der Waals surface area (Å²) in [5, 5.41) is 14.2. The van der Waals surface area contributed by atoms with Crippen molar-refractivity contribution in [2.75, 3.05) is 29.9 Å². The van der Waals surface area contributed by atoms with E-state index in [2.05, 4.69) is 41.1 Å². The maximum atomic E-state index is 10.9. The molecule has 0 unspecified atom stereocenters. The fourth-order valence-corrected chi connectivity index (χ4v) is 3.45. The summed E-state index contributed by atoms with van der Waals surface area (Å²) in [5.41, 5.74) is 1.11. The van der Waals surface area contributed by atoms with Crippen LogP contribution in [0.5, 0.6) is 6.01 Å². The highest BCUT2D eigenvalue weighted by Gasteiger charge is 2.23. The SMILES string of the molecule is O=[N+]([O-])c1cn2c(n1)OCCN(c1ccnc(NCc3cccc(Br)c3)n1)CC2. The zero-order valence-corrected chi connectivity index (χ0v) is 16.9. The van der Waals surface area contributed by atoms with Crippen molar-refractivity contribution < 1.29 is 9.66 Å². The largest absolute Gasteiger partial charge is 0.444 e. The number of nitrogens with zero attached hydrogens (tertiary/aromatic N) is 6. The van der Waals surface area contributed by atoms with Crippen LogP contribution in [0.25, 0.3) is 0 Å². The summed E-state index contributed by atoms with van der Waals surface area (Å²) in [7, 11) is 0. The van der Waals surface area contributed by atoms with Crippen LogP contribution in [0.1, 0.15) is 5.56 Å². The lowest BCUT2D eigenvalue weighted by Crippen LogP contribution is -2.34. The number of benzene rings is 1. The van der Waals surface area contributed by atoms with E-state index in [4.69, 9.17) is 4.74 Å². The third-order valence-electron chi connectivity index (χ3n) is 4.42. The smallest absolute Gasteiger partial charge is 0.414 e. The number of rotatable bonds is 5.